The number of aliphatic hydroxyl groups is 1. The number of allylic oxidation sites excluding steroid dienone is 1. The molecule has 0 bridgehead atoms. The second-order valence-corrected chi connectivity index (χ2v) is 7.81. The first-order valence-electron chi connectivity index (χ1n) is 11.5. The van der Waals surface area contributed by atoms with Gasteiger partial charge in [-0.1, -0.05) is 53.3 Å². The van der Waals surface area contributed by atoms with Gasteiger partial charge in [-0.05, 0) is 43.0 Å². The molecule has 7 nitrogen and oxygen atoms in total. The average molecular weight is 490 g/mol. The number of ether oxygens (including phenoxy) is 2. The highest BCUT2D eigenvalue weighted by atomic mass is 16.5. The number of carbonyl (C=O) groups excluding carboxylic acids is 1. The molecule has 0 saturated carbocycles. The Labute approximate surface area is 213 Å². The van der Waals surface area contributed by atoms with E-state index in [-0.39, 0.29) is 5.41 Å². The van der Waals surface area contributed by atoms with Gasteiger partial charge in [0.1, 0.15) is 6.29 Å². The summed E-state index contributed by atoms with van der Waals surface area (Å²) < 4.78 is 11.3. The van der Waals surface area contributed by atoms with Crippen LogP contribution in [0.15, 0.2) is 55.8 Å². The summed E-state index contributed by atoms with van der Waals surface area (Å²) in [7, 11) is 2.63. The number of nitrogens with zero attached hydrogens (tertiary/aromatic N) is 1. The summed E-state index contributed by atoms with van der Waals surface area (Å²) in [6.07, 6.45) is 4.13. The van der Waals surface area contributed by atoms with Crippen molar-refractivity contribution in [3.8, 4) is 17.4 Å². The molecule has 0 spiro atoms. The van der Waals surface area contributed by atoms with E-state index in [1.807, 2.05) is 45.0 Å². The van der Waals surface area contributed by atoms with Gasteiger partial charge in [-0.15, -0.1) is 6.58 Å². The lowest BCUT2D eigenvalue weighted by atomic mass is 9.97. The summed E-state index contributed by atoms with van der Waals surface area (Å²) >= 11 is 0. The van der Waals surface area contributed by atoms with Crippen molar-refractivity contribution in [3.05, 3.63) is 66.9 Å². The van der Waals surface area contributed by atoms with E-state index in [9.17, 15) is 0 Å². The number of pyridine rings is 1. The van der Waals surface area contributed by atoms with Crippen molar-refractivity contribution in [2.24, 2.45) is 11.1 Å². The molecule has 2 rings (SSSR count). The quantitative estimate of drug-likeness (QED) is 0.324. The minimum atomic E-state index is 0.250. The lowest BCUT2D eigenvalue weighted by Gasteiger charge is -2.19. The second-order valence-electron chi connectivity index (χ2n) is 7.81. The zero-order valence-corrected chi connectivity index (χ0v) is 23.1. The van der Waals surface area contributed by atoms with Crippen LogP contribution in [0.2, 0.25) is 0 Å². The number of rotatable bonds is 7. The number of aromatic nitrogens is 1. The minimum absolute atomic E-state index is 0.250. The Hall–Kier alpha value is -3.16. The Morgan fingerprint density at radius 1 is 1.14 bits per heavy atom. The van der Waals surface area contributed by atoms with Crippen molar-refractivity contribution in [3.63, 3.8) is 0 Å². The predicted molar refractivity (Wildman–Crippen MR) is 149 cm³/mol. The van der Waals surface area contributed by atoms with Gasteiger partial charge in [0.15, 0.2) is 11.5 Å². The third-order valence-electron chi connectivity index (χ3n) is 3.53. The van der Waals surface area contributed by atoms with Crippen molar-refractivity contribution >= 4 is 12.0 Å². The van der Waals surface area contributed by atoms with Crippen molar-refractivity contribution in [1.29, 1.82) is 0 Å². The first-order chi connectivity index (χ1) is 16.6. The number of hydrogen-bond acceptors (Lipinski definition) is 7. The molecule has 198 valence electrons. The molecule has 0 fully saturated rings. The molecule has 0 aliphatic rings. The second kappa shape index (κ2) is 22.6. The summed E-state index contributed by atoms with van der Waals surface area (Å²) in [6, 6.07) is 9.46. The van der Waals surface area contributed by atoms with Gasteiger partial charge in [-0.2, -0.15) is 0 Å². The maximum Gasteiger partial charge on any atom is 0.219 e. The van der Waals surface area contributed by atoms with Crippen LogP contribution >= 0.6 is 0 Å². The molecule has 7 heteroatoms. The molecule has 2 aromatic rings. The molecule has 0 amide bonds. The Morgan fingerprint density at radius 2 is 1.69 bits per heavy atom. The van der Waals surface area contributed by atoms with Gasteiger partial charge in [-0.25, -0.2) is 4.98 Å². The van der Waals surface area contributed by atoms with E-state index >= 15 is 0 Å². The fraction of sp³-hybridized carbons (Fsp3) is 0.429. The molecule has 4 N–H and O–H groups in total. The van der Waals surface area contributed by atoms with E-state index in [1.165, 1.54) is 6.92 Å². The Morgan fingerprint density at radius 3 is 2.09 bits per heavy atom. The van der Waals surface area contributed by atoms with Crippen LogP contribution in [0.1, 0.15) is 59.6 Å². The standard InChI is InChI=1S/C20H27N3O2.C3H6.C2H4O.C2H6.CH4O/c1-14(21)16-7-9-19(23-12-16)25-17-8-6-15(10-18(17)24-5)11-22-13-20(2,3)4;1-3-2;1-2-3;2*1-2/h6-10,12,22H,1,11,13,21H2,2-5H3;3H,1H2,2H3;2H,1H3;1-2H3;2H,1H3. The summed E-state index contributed by atoms with van der Waals surface area (Å²) in [5, 5.41) is 10.5. The van der Waals surface area contributed by atoms with Gasteiger partial charge in [-0.3, -0.25) is 0 Å². The van der Waals surface area contributed by atoms with Crippen LogP contribution in [-0.4, -0.2) is 37.1 Å². The third kappa shape index (κ3) is 18.9. The largest absolute Gasteiger partial charge is 0.493 e. The van der Waals surface area contributed by atoms with Crippen LogP contribution in [0, 0.1) is 5.41 Å². The van der Waals surface area contributed by atoms with Crippen molar-refractivity contribution in [2.75, 3.05) is 20.8 Å². The van der Waals surface area contributed by atoms with Crippen LogP contribution in [0.4, 0.5) is 0 Å². The normalized spacial score (nSPS) is 9.09. The maximum absolute atomic E-state index is 8.81. The van der Waals surface area contributed by atoms with E-state index < -0.39 is 0 Å². The molecular formula is C28H47N3O4. The van der Waals surface area contributed by atoms with E-state index in [0.717, 1.165) is 37.6 Å². The van der Waals surface area contributed by atoms with Crippen LogP contribution in [-0.2, 0) is 11.3 Å². The molecule has 0 radical (unpaired) electrons. The molecule has 0 aliphatic heterocycles. The molecular weight excluding hydrogens is 442 g/mol. The van der Waals surface area contributed by atoms with Gasteiger partial charge < -0.3 is 30.4 Å². The Bertz CT molecular complexity index is 808. The molecule has 0 saturated heterocycles. The van der Waals surface area contributed by atoms with E-state index in [1.54, 1.807) is 25.4 Å². The lowest BCUT2D eigenvalue weighted by molar-refractivity contribution is -0.106. The number of hydrogen-bond donors (Lipinski definition) is 3. The SMILES string of the molecule is C=C(N)c1ccc(Oc2ccc(CNCC(C)(C)C)cc2OC)nc1.C=CC.CC.CC=O.CO. The van der Waals surface area contributed by atoms with Gasteiger partial charge in [0.25, 0.3) is 0 Å². The summed E-state index contributed by atoms with van der Waals surface area (Å²) in [5.74, 6) is 1.76. The lowest BCUT2D eigenvalue weighted by Crippen LogP contribution is -2.26. The number of methoxy groups -OCH3 is 1. The Kier molecular flexibility index (Phi) is 23.5. The van der Waals surface area contributed by atoms with E-state index in [2.05, 4.69) is 44.2 Å². The molecule has 35 heavy (non-hydrogen) atoms. The average Bonchev–Trinajstić information content (AvgIpc) is 2.83. The summed E-state index contributed by atoms with van der Waals surface area (Å²) in [6.45, 7) is 22.7. The van der Waals surface area contributed by atoms with Crippen LogP contribution in [0.3, 0.4) is 0 Å². The Balaban J connectivity index is -0.000000891. The number of carbonyl (C=O) groups is 1. The van der Waals surface area contributed by atoms with Gasteiger partial charge >= 0.3 is 0 Å². The highest BCUT2D eigenvalue weighted by molar-refractivity contribution is 5.59. The topological polar surface area (TPSA) is 107 Å². The monoisotopic (exact) mass is 489 g/mol. The molecule has 0 atom stereocenters. The molecule has 0 aliphatic carbocycles. The smallest absolute Gasteiger partial charge is 0.219 e. The third-order valence-corrected chi connectivity index (χ3v) is 3.53. The number of benzene rings is 1. The molecule has 1 aromatic carbocycles. The van der Waals surface area contributed by atoms with Gasteiger partial charge in [0.2, 0.25) is 5.88 Å². The number of aliphatic hydroxyl groups excluding tert-OH is 1. The highest BCUT2D eigenvalue weighted by Gasteiger charge is 2.11. The molecule has 0 unspecified atom stereocenters. The van der Waals surface area contributed by atoms with Crippen molar-refractivity contribution in [2.45, 2.75) is 55.0 Å². The summed E-state index contributed by atoms with van der Waals surface area (Å²) in [5.41, 5.74) is 8.28. The number of nitrogens with two attached hydrogens (primary N) is 1. The van der Waals surface area contributed by atoms with Crippen molar-refractivity contribution < 1.29 is 19.4 Å². The molecule has 1 aromatic heterocycles. The first kappa shape index (κ1) is 36.4. The molecule has 1 heterocycles. The van der Waals surface area contributed by atoms with Crippen molar-refractivity contribution in [1.82, 2.24) is 10.3 Å². The van der Waals surface area contributed by atoms with E-state index in [0.29, 0.717) is 23.1 Å². The number of nitrogens with one attached hydrogen (secondary N) is 1. The minimum Gasteiger partial charge on any atom is -0.493 e. The highest BCUT2D eigenvalue weighted by Crippen LogP contribution is 2.31. The van der Waals surface area contributed by atoms with Crippen LogP contribution < -0.4 is 20.5 Å². The zero-order valence-electron chi connectivity index (χ0n) is 23.1. The number of aldehydes is 1. The predicted octanol–water partition coefficient (Wildman–Crippen LogP) is 5.98. The maximum atomic E-state index is 8.81. The van der Waals surface area contributed by atoms with Crippen LogP contribution in [0.5, 0.6) is 17.4 Å². The van der Waals surface area contributed by atoms with Crippen LogP contribution in [0.25, 0.3) is 5.70 Å². The fourth-order valence-corrected chi connectivity index (χ4v) is 2.23. The van der Waals surface area contributed by atoms with Gasteiger partial charge in [0, 0.05) is 43.7 Å². The van der Waals surface area contributed by atoms with E-state index in [4.69, 9.17) is 25.1 Å². The van der Waals surface area contributed by atoms with Gasteiger partial charge in [0.05, 0.1) is 7.11 Å². The first-order valence-corrected chi connectivity index (χ1v) is 11.5. The fourth-order valence-electron chi connectivity index (χ4n) is 2.23. The zero-order chi connectivity index (χ0) is 27.9. The summed E-state index contributed by atoms with van der Waals surface area (Å²) in [4.78, 5) is 13.0.